The maximum Gasteiger partial charge on any atom is 0.435 e. The summed E-state index contributed by atoms with van der Waals surface area (Å²) in [5, 5.41) is 9.03. The van der Waals surface area contributed by atoms with Crippen molar-refractivity contribution in [3.63, 3.8) is 0 Å². The van der Waals surface area contributed by atoms with Gasteiger partial charge in [0.15, 0.2) is 11.4 Å². The van der Waals surface area contributed by atoms with E-state index < -0.39 is 11.9 Å². The molecule has 11 heteroatoms. The van der Waals surface area contributed by atoms with Gasteiger partial charge in [0.05, 0.1) is 36.7 Å². The van der Waals surface area contributed by atoms with Gasteiger partial charge < -0.3 is 4.74 Å². The largest absolute Gasteiger partial charge is 0.435 e. The lowest BCUT2D eigenvalue weighted by Gasteiger charge is -2.09. The van der Waals surface area contributed by atoms with Gasteiger partial charge in [0.1, 0.15) is 5.52 Å². The number of nitrogens with zero attached hydrogens (tertiary/aromatic N) is 6. The van der Waals surface area contributed by atoms with Gasteiger partial charge in [-0.25, -0.2) is 9.97 Å². The Morgan fingerprint density at radius 3 is 2.54 bits per heavy atom. The van der Waals surface area contributed by atoms with E-state index >= 15 is 0 Å². The molecule has 0 saturated carbocycles. The van der Waals surface area contributed by atoms with Crippen LogP contribution in [-0.4, -0.2) is 29.5 Å². The van der Waals surface area contributed by atoms with Crippen molar-refractivity contribution in [3.8, 4) is 11.8 Å². The molecular formula is C17H12ClF3N6O. The molecule has 0 aliphatic heterocycles. The third-order valence-corrected chi connectivity index (χ3v) is 4.09. The molecule has 3 aromatic heterocycles. The zero-order valence-electron chi connectivity index (χ0n) is 14.1. The van der Waals surface area contributed by atoms with Crippen molar-refractivity contribution < 1.29 is 17.9 Å². The molecule has 7 nitrogen and oxygen atoms in total. The second-order valence-electron chi connectivity index (χ2n) is 5.81. The van der Waals surface area contributed by atoms with E-state index in [1.165, 1.54) is 23.3 Å². The predicted octanol–water partition coefficient (Wildman–Crippen LogP) is 4.19. The molecule has 3 heterocycles. The number of para-hydroxylation sites is 1. The fourth-order valence-electron chi connectivity index (χ4n) is 2.65. The molecule has 0 aliphatic carbocycles. The highest BCUT2D eigenvalue weighted by atomic mass is 35.5. The third kappa shape index (κ3) is 3.77. The van der Waals surface area contributed by atoms with Gasteiger partial charge in [-0.1, -0.05) is 23.7 Å². The first-order valence-electron chi connectivity index (χ1n) is 8.11. The topological polar surface area (TPSA) is 70.7 Å². The monoisotopic (exact) mass is 408 g/mol. The molecule has 0 aliphatic rings. The van der Waals surface area contributed by atoms with Crippen LogP contribution in [0.5, 0.6) is 11.8 Å². The average Bonchev–Trinajstić information content (AvgIpc) is 3.29. The van der Waals surface area contributed by atoms with E-state index in [0.717, 1.165) is 11.5 Å². The summed E-state index contributed by atoms with van der Waals surface area (Å²) in [5.41, 5.74) is -0.258. The summed E-state index contributed by atoms with van der Waals surface area (Å²) in [5.74, 6) is 0.466. The number of aromatic nitrogens is 6. The molecular weight excluding hydrogens is 397 g/mol. The predicted molar refractivity (Wildman–Crippen MR) is 94.1 cm³/mol. The number of alkyl halides is 3. The van der Waals surface area contributed by atoms with Crippen molar-refractivity contribution in [1.29, 1.82) is 0 Å². The Morgan fingerprint density at radius 2 is 1.82 bits per heavy atom. The lowest BCUT2D eigenvalue weighted by molar-refractivity contribution is -0.141. The van der Waals surface area contributed by atoms with E-state index in [0.29, 0.717) is 22.8 Å². The molecule has 144 valence electrons. The maximum absolute atomic E-state index is 12.7. The van der Waals surface area contributed by atoms with Crippen LogP contribution in [-0.2, 0) is 19.3 Å². The summed E-state index contributed by atoms with van der Waals surface area (Å²) >= 11 is 5.77. The first-order chi connectivity index (χ1) is 13.4. The molecule has 1 aromatic carbocycles. The van der Waals surface area contributed by atoms with E-state index in [1.807, 2.05) is 6.07 Å². The van der Waals surface area contributed by atoms with Gasteiger partial charge in [0.25, 0.3) is 0 Å². The normalized spacial score (nSPS) is 11.9. The zero-order chi connectivity index (χ0) is 19.7. The molecule has 0 spiro atoms. The molecule has 0 fully saturated rings. The van der Waals surface area contributed by atoms with Crippen molar-refractivity contribution in [1.82, 2.24) is 29.5 Å². The number of ether oxygens (including phenoxy) is 1. The standard InChI is InChI=1S/C17H12ClF3N6O/c18-12-9-22-16(23-10-12)28-13-3-1-2-11-8-24-27(15(11)13)7-6-26-5-4-14(25-26)17(19,20)21/h1-5,8-10H,6-7H2. The van der Waals surface area contributed by atoms with E-state index in [2.05, 4.69) is 20.2 Å². The molecule has 0 unspecified atom stereocenters. The van der Waals surface area contributed by atoms with Crippen LogP contribution in [0.3, 0.4) is 0 Å². The summed E-state index contributed by atoms with van der Waals surface area (Å²) in [4.78, 5) is 8.00. The van der Waals surface area contributed by atoms with Crippen molar-refractivity contribution in [2.45, 2.75) is 19.3 Å². The van der Waals surface area contributed by atoms with Crippen LogP contribution in [0.1, 0.15) is 5.69 Å². The molecule has 0 saturated heterocycles. The number of halogens is 4. The smallest absolute Gasteiger partial charge is 0.422 e. The van der Waals surface area contributed by atoms with E-state index in [9.17, 15) is 13.2 Å². The van der Waals surface area contributed by atoms with Crippen LogP contribution in [0.4, 0.5) is 13.2 Å². The molecule has 0 radical (unpaired) electrons. The fraction of sp³-hybridized carbons (Fsp3) is 0.176. The first kappa shape index (κ1) is 18.2. The minimum atomic E-state index is -4.47. The molecule has 0 atom stereocenters. The van der Waals surface area contributed by atoms with Gasteiger partial charge >= 0.3 is 12.2 Å². The highest BCUT2D eigenvalue weighted by Gasteiger charge is 2.33. The Morgan fingerprint density at radius 1 is 1.04 bits per heavy atom. The zero-order valence-corrected chi connectivity index (χ0v) is 14.9. The van der Waals surface area contributed by atoms with E-state index in [4.69, 9.17) is 16.3 Å². The Bertz CT molecular complexity index is 1110. The summed E-state index contributed by atoms with van der Waals surface area (Å²) in [6, 6.07) is 6.43. The lowest BCUT2D eigenvalue weighted by Crippen LogP contribution is -2.12. The second-order valence-corrected chi connectivity index (χ2v) is 6.25. The summed E-state index contributed by atoms with van der Waals surface area (Å²) < 4.78 is 46.6. The van der Waals surface area contributed by atoms with Crippen molar-refractivity contribution in [3.05, 3.63) is 59.8 Å². The minimum Gasteiger partial charge on any atom is -0.422 e. The number of rotatable bonds is 5. The van der Waals surface area contributed by atoms with Crippen LogP contribution in [0, 0.1) is 0 Å². The molecule has 0 amide bonds. The number of benzene rings is 1. The van der Waals surface area contributed by atoms with Crippen LogP contribution in [0.15, 0.2) is 49.1 Å². The highest BCUT2D eigenvalue weighted by Crippen LogP contribution is 2.29. The van der Waals surface area contributed by atoms with Gasteiger partial charge in [0.2, 0.25) is 0 Å². The fourth-order valence-corrected chi connectivity index (χ4v) is 2.74. The van der Waals surface area contributed by atoms with Crippen molar-refractivity contribution >= 4 is 22.5 Å². The Labute approximate surface area is 161 Å². The van der Waals surface area contributed by atoms with E-state index in [-0.39, 0.29) is 12.6 Å². The molecule has 28 heavy (non-hydrogen) atoms. The Balaban J connectivity index is 1.57. The van der Waals surface area contributed by atoms with Crippen molar-refractivity contribution in [2.24, 2.45) is 0 Å². The number of hydrogen-bond acceptors (Lipinski definition) is 5. The first-order valence-corrected chi connectivity index (χ1v) is 8.48. The van der Waals surface area contributed by atoms with Gasteiger partial charge in [0, 0.05) is 11.6 Å². The summed E-state index contributed by atoms with van der Waals surface area (Å²) in [6.45, 7) is 0.503. The van der Waals surface area contributed by atoms with Crippen LogP contribution < -0.4 is 4.74 Å². The number of fused-ring (bicyclic) bond motifs is 1. The molecule has 4 aromatic rings. The van der Waals surface area contributed by atoms with Gasteiger partial charge in [-0.15, -0.1) is 0 Å². The summed E-state index contributed by atoms with van der Waals surface area (Å²) in [6.07, 6.45) is 1.29. The SMILES string of the molecule is FC(F)(F)c1ccn(CCn2ncc3cccc(Oc4ncc(Cl)cn4)c32)n1. The number of aryl methyl sites for hydroxylation is 2. The van der Waals surface area contributed by atoms with Crippen molar-refractivity contribution in [2.75, 3.05) is 0 Å². The van der Waals surface area contributed by atoms with Crippen LogP contribution in [0.2, 0.25) is 5.02 Å². The van der Waals surface area contributed by atoms with Crippen LogP contribution in [0.25, 0.3) is 10.9 Å². The quantitative estimate of drug-likeness (QED) is 0.495. The third-order valence-electron chi connectivity index (χ3n) is 3.89. The Kier molecular flexibility index (Phi) is 4.63. The highest BCUT2D eigenvalue weighted by molar-refractivity contribution is 6.30. The average molecular weight is 409 g/mol. The molecule has 4 rings (SSSR count). The van der Waals surface area contributed by atoms with Gasteiger partial charge in [-0.05, 0) is 12.1 Å². The Hall–Kier alpha value is -3.14. The lowest BCUT2D eigenvalue weighted by atomic mass is 10.2. The minimum absolute atomic E-state index is 0.117. The summed E-state index contributed by atoms with van der Waals surface area (Å²) in [7, 11) is 0. The van der Waals surface area contributed by atoms with Crippen LogP contribution >= 0.6 is 11.6 Å². The maximum atomic E-state index is 12.7. The van der Waals surface area contributed by atoms with Gasteiger partial charge in [-0.2, -0.15) is 23.4 Å². The van der Waals surface area contributed by atoms with E-state index in [1.54, 1.807) is 23.0 Å². The number of hydrogen-bond donors (Lipinski definition) is 0. The molecule has 0 N–H and O–H groups in total. The van der Waals surface area contributed by atoms with Gasteiger partial charge in [-0.3, -0.25) is 9.36 Å². The molecule has 0 bridgehead atoms. The second kappa shape index (κ2) is 7.12.